The van der Waals surface area contributed by atoms with Gasteiger partial charge in [0.15, 0.2) is 23.0 Å². The number of fused-ring (bicyclic) bond motifs is 5. The summed E-state index contributed by atoms with van der Waals surface area (Å²) >= 11 is 0. The second-order valence-corrected chi connectivity index (χ2v) is 18.8. The number of carbonyl (C=O) groups is 1. The molecule has 1 aromatic heterocycles. The lowest BCUT2D eigenvalue weighted by molar-refractivity contribution is -0.134. The van der Waals surface area contributed by atoms with Crippen molar-refractivity contribution in [2.24, 2.45) is 23.2 Å². The second-order valence-electron chi connectivity index (χ2n) is 18.8. The number of carbonyl (C=O) groups excluding carboxylic acids is 1. The zero-order valence-electron chi connectivity index (χ0n) is 38.2. The fourth-order valence-corrected chi connectivity index (χ4v) is 11.1. The summed E-state index contributed by atoms with van der Waals surface area (Å²) in [7, 11) is 3.37. The van der Waals surface area contributed by atoms with E-state index in [0.717, 1.165) is 38.9 Å². The smallest absolute Gasteiger partial charge is 0.200 e. The Morgan fingerprint density at radius 3 is 2.56 bits per heavy atom. The maximum Gasteiger partial charge on any atom is 0.200 e. The van der Waals surface area contributed by atoms with E-state index in [1.54, 1.807) is 36.4 Å². The SMILES string of the molecule is CNCC1CC(c2cc(O)c(O)c(OCC(C)C)c2)CC(=O)C(C(O)CCc2ccc(O)c(OC)c2)C2(CCC(O)C2Cc2ccc[nH]2)C2=CCNC(=C2)Nc2ccc3cc(O)ccc3c21. The first-order valence-electron chi connectivity index (χ1n) is 23.2. The number of aliphatic hydroxyl groups excluding tert-OH is 2. The molecule has 1 fully saturated rings. The van der Waals surface area contributed by atoms with Crippen LogP contribution in [-0.4, -0.2) is 87.5 Å². The number of anilines is 1. The maximum atomic E-state index is 16.1. The Bertz CT molecular complexity index is 2590. The number of phenolic OH excluding ortho intramolecular Hbond substituents is 4. The molecule has 1 spiro atoms. The summed E-state index contributed by atoms with van der Waals surface area (Å²) in [6.07, 6.45) is 6.20. The van der Waals surface area contributed by atoms with E-state index in [9.17, 15) is 30.6 Å². The number of rotatable bonds is 13. The normalized spacial score (nSPS) is 23.7. The monoisotopic (exact) mass is 900 g/mol. The molecule has 10 N–H and O–H groups in total. The number of hydrogen-bond donors (Lipinski definition) is 10. The van der Waals surface area contributed by atoms with Crippen LogP contribution in [0.1, 0.15) is 80.2 Å². The number of H-pyrrole nitrogens is 1. The van der Waals surface area contributed by atoms with Gasteiger partial charge in [0.2, 0.25) is 5.75 Å². The number of dihydropyridines is 1. The molecule has 66 heavy (non-hydrogen) atoms. The van der Waals surface area contributed by atoms with Crippen molar-refractivity contribution in [1.29, 1.82) is 0 Å². The highest BCUT2D eigenvalue weighted by Gasteiger charge is 2.58. The molecule has 7 unspecified atom stereocenters. The first-order chi connectivity index (χ1) is 31.8. The lowest BCUT2D eigenvalue weighted by Gasteiger charge is -2.46. The first kappa shape index (κ1) is 46.4. The molecule has 7 atom stereocenters. The zero-order valence-corrected chi connectivity index (χ0v) is 38.2. The van der Waals surface area contributed by atoms with Crippen LogP contribution in [0.15, 0.2) is 103 Å². The zero-order chi connectivity index (χ0) is 46.7. The Kier molecular flexibility index (Phi) is 13.9. The van der Waals surface area contributed by atoms with E-state index in [4.69, 9.17) is 9.47 Å². The van der Waals surface area contributed by atoms with Gasteiger partial charge in [0.1, 0.15) is 17.4 Å². The molecule has 350 valence electrons. The number of Topliss-reactive ketones (excluding diaryl/α,β-unsaturated/α-hetero) is 1. The van der Waals surface area contributed by atoms with Crippen molar-refractivity contribution in [1.82, 2.24) is 15.6 Å². The predicted octanol–water partition coefficient (Wildman–Crippen LogP) is 7.88. The minimum atomic E-state index is -1.18. The van der Waals surface area contributed by atoms with E-state index >= 15 is 4.79 Å². The minimum absolute atomic E-state index is 0.00116. The number of benzene rings is 4. The third kappa shape index (κ3) is 9.42. The summed E-state index contributed by atoms with van der Waals surface area (Å²) < 4.78 is 11.5. The number of aromatic hydroxyl groups is 4. The number of phenols is 4. The van der Waals surface area contributed by atoms with Crippen molar-refractivity contribution < 1.29 is 44.9 Å². The molecule has 3 aliphatic rings. The van der Waals surface area contributed by atoms with E-state index in [1.807, 2.05) is 63.5 Å². The number of aliphatic hydroxyl groups is 2. The molecule has 13 heteroatoms. The van der Waals surface area contributed by atoms with Gasteiger partial charge in [-0.05, 0) is 157 Å². The molecule has 0 radical (unpaired) electrons. The number of aromatic nitrogens is 1. The summed E-state index contributed by atoms with van der Waals surface area (Å²) in [5.41, 5.74) is 3.92. The number of aryl methyl sites for hydroxylation is 1. The van der Waals surface area contributed by atoms with Crippen molar-refractivity contribution in [3.05, 3.63) is 125 Å². The molecule has 8 rings (SSSR count). The molecule has 2 aliphatic heterocycles. The van der Waals surface area contributed by atoms with Gasteiger partial charge < -0.3 is 61.0 Å². The van der Waals surface area contributed by atoms with E-state index in [1.165, 1.54) is 13.2 Å². The Labute approximate surface area is 386 Å². The highest BCUT2D eigenvalue weighted by molar-refractivity contribution is 5.92. The van der Waals surface area contributed by atoms with E-state index in [0.29, 0.717) is 62.3 Å². The molecule has 4 aromatic carbocycles. The van der Waals surface area contributed by atoms with Crippen molar-refractivity contribution >= 4 is 22.2 Å². The van der Waals surface area contributed by atoms with Crippen LogP contribution in [0.5, 0.6) is 34.5 Å². The molecule has 0 amide bonds. The molecule has 1 aliphatic carbocycles. The fraction of sp³-hybridized carbons (Fsp3) is 0.415. The number of nitrogens with one attached hydrogen (secondary N) is 4. The number of aromatic amines is 1. The van der Waals surface area contributed by atoms with Gasteiger partial charge in [-0.15, -0.1) is 0 Å². The van der Waals surface area contributed by atoms with Crippen LogP contribution < -0.4 is 25.4 Å². The molecule has 1 saturated carbocycles. The van der Waals surface area contributed by atoms with Crippen molar-refractivity contribution in [3.63, 3.8) is 0 Å². The fourth-order valence-electron chi connectivity index (χ4n) is 11.1. The number of likely N-dealkylation sites (N-methyl/N-ethyl adjacent to an activating group) is 1. The average molecular weight is 901 g/mol. The van der Waals surface area contributed by atoms with E-state index in [2.05, 4.69) is 27.0 Å². The Hall–Kier alpha value is -6.15. The van der Waals surface area contributed by atoms with Gasteiger partial charge >= 0.3 is 0 Å². The predicted molar refractivity (Wildman–Crippen MR) is 255 cm³/mol. The Morgan fingerprint density at radius 2 is 1.80 bits per heavy atom. The molecule has 3 heterocycles. The van der Waals surface area contributed by atoms with Crippen molar-refractivity contribution in [2.75, 3.05) is 39.2 Å². The number of methoxy groups -OCH3 is 1. The topological polar surface area (TPSA) is 209 Å². The summed E-state index contributed by atoms with van der Waals surface area (Å²) in [6, 6.07) is 21.6. The number of hydrogen-bond acceptors (Lipinski definition) is 12. The van der Waals surface area contributed by atoms with Crippen LogP contribution in [0.4, 0.5) is 5.69 Å². The molecule has 13 nitrogen and oxygen atoms in total. The molecule has 2 bridgehead atoms. The van der Waals surface area contributed by atoms with Crippen LogP contribution in [0.25, 0.3) is 10.8 Å². The average Bonchev–Trinajstić information content (AvgIpc) is 3.94. The third-order valence-corrected chi connectivity index (χ3v) is 14.1. The summed E-state index contributed by atoms with van der Waals surface area (Å²) in [5.74, 6) is -1.86. The molecular formula is C53H64N4O9. The van der Waals surface area contributed by atoms with Crippen molar-refractivity contribution in [2.45, 2.75) is 82.8 Å². The number of ketones is 1. The quantitative estimate of drug-likeness (QED) is 0.0512. The first-order valence-corrected chi connectivity index (χ1v) is 23.2. The van der Waals surface area contributed by atoms with Gasteiger partial charge in [0, 0.05) is 48.4 Å². The van der Waals surface area contributed by atoms with Crippen LogP contribution in [0.2, 0.25) is 0 Å². The highest BCUT2D eigenvalue weighted by atomic mass is 16.5. The van der Waals surface area contributed by atoms with Crippen LogP contribution in [0.3, 0.4) is 0 Å². The highest BCUT2D eigenvalue weighted by Crippen LogP contribution is 2.58. The van der Waals surface area contributed by atoms with Gasteiger partial charge in [0.25, 0.3) is 0 Å². The maximum absolute atomic E-state index is 16.1. The van der Waals surface area contributed by atoms with Gasteiger partial charge in [-0.1, -0.05) is 38.1 Å². The molecular weight excluding hydrogens is 837 g/mol. The lowest BCUT2D eigenvalue weighted by Crippen LogP contribution is -2.50. The standard InChI is InChI=1S/C53H64N4O9/c1-30(2)29-66-48-25-34(24-46(63)52(48)64)33-21-35(28-54-3)50-39-11-10-38(58)22-32(39)9-12-41(50)57-49-26-36(16-19-56-49)53(17-15-42(59)40(53)27-37-6-5-18-55-37)51(45(62)23-33)44(61)14-8-31-7-13-43(60)47(20-31)65-4/h5-7,9-13,16,18,20,22,24-26,30,33,35,40,42,44,51,54-61,63-64H,8,14-15,17,19,21,23,27-29H2,1-4H3. The van der Waals surface area contributed by atoms with Gasteiger partial charge in [-0.2, -0.15) is 0 Å². The van der Waals surface area contributed by atoms with Crippen LogP contribution in [-0.2, 0) is 17.6 Å². The number of ether oxygens (including phenoxy) is 2. The third-order valence-electron chi connectivity index (χ3n) is 14.1. The minimum Gasteiger partial charge on any atom is -0.508 e. The summed E-state index contributed by atoms with van der Waals surface area (Å²) in [4.78, 5) is 19.5. The largest absolute Gasteiger partial charge is 0.508 e. The summed E-state index contributed by atoms with van der Waals surface area (Å²) in [5, 5.41) is 80.9. The lowest BCUT2D eigenvalue weighted by atomic mass is 9.57. The Balaban J connectivity index is 1.34. The Morgan fingerprint density at radius 1 is 0.970 bits per heavy atom. The number of allylic oxidation sites excluding steroid dienone is 2. The second kappa shape index (κ2) is 19.8. The van der Waals surface area contributed by atoms with Crippen LogP contribution in [0, 0.1) is 23.2 Å². The van der Waals surface area contributed by atoms with Gasteiger partial charge in [-0.25, -0.2) is 0 Å². The summed E-state index contributed by atoms with van der Waals surface area (Å²) in [6.45, 7) is 5.19. The van der Waals surface area contributed by atoms with Gasteiger partial charge in [-0.3, -0.25) is 4.79 Å². The van der Waals surface area contributed by atoms with Crippen LogP contribution >= 0.6 is 0 Å². The molecule has 5 aromatic rings. The van der Waals surface area contributed by atoms with E-state index < -0.39 is 35.4 Å². The molecule has 0 saturated heterocycles. The van der Waals surface area contributed by atoms with E-state index in [-0.39, 0.29) is 65.8 Å². The van der Waals surface area contributed by atoms with Gasteiger partial charge in [0.05, 0.1) is 31.8 Å². The van der Waals surface area contributed by atoms with Crippen molar-refractivity contribution in [3.8, 4) is 34.5 Å².